The Labute approximate surface area is 140 Å². The lowest BCUT2D eigenvalue weighted by atomic mass is 10.1. The summed E-state index contributed by atoms with van der Waals surface area (Å²) in [6, 6.07) is 11.7. The highest BCUT2D eigenvalue weighted by atomic mass is 35.5. The molecule has 0 N–H and O–H groups in total. The highest BCUT2D eigenvalue weighted by molar-refractivity contribution is 7.63. The first-order valence-electron chi connectivity index (χ1n) is 7.40. The summed E-state index contributed by atoms with van der Waals surface area (Å²) in [6.45, 7) is 5.52. The Bertz CT molecular complexity index is 900. The highest BCUT2D eigenvalue weighted by Crippen LogP contribution is 2.43. The molecule has 3 aromatic rings. The van der Waals surface area contributed by atoms with E-state index in [1.165, 1.54) is 0 Å². The van der Waals surface area contributed by atoms with Gasteiger partial charge in [0.1, 0.15) is 0 Å². The van der Waals surface area contributed by atoms with Crippen molar-refractivity contribution in [2.45, 2.75) is 19.0 Å². The van der Waals surface area contributed by atoms with Crippen LogP contribution >= 0.6 is 18.7 Å². The van der Waals surface area contributed by atoms with E-state index in [0.29, 0.717) is 23.2 Å². The molecule has 0 saturated carbocycles. The topological polar surface area (TPSA) is 56.0 Å². The van der Waals surface area contributed by atoms with E-state index in [1.807, 2.05) is 43.3 Å². The van der Waals surface area contributed by atoms with E-state index in [4.69, 9.17) is 16.1 Å². The van der Waals surface area contributed by atoms with Crippen molar-refractivity contribution in [2.24, 2.45) is 0 Å². The summed E-state index contributed by atoms with van der Waals surface area (Å²) in [5, 5.41) is 6.85. The molecule has 1 unspecified atom stereocenters. The van der Waals surface area contributed by atoms with Gasteiger partial charge in [-0.15, -0.1) is 0 Å². The third kappa shape index (κ3) is 3.65. The molecule has 0 spiro atoms. The van der Waals surface area contributed by atoms with Crippen molar-refractivity contribution in [1.29, 1.82) is 0 Å². The number of fused-ring (bicyclic) bond motifs is 1. The molecule has 1 atom stereocenters. The van der Waals surface area contributed by atoms with Gasteiger partial charge in [0.05, 0.1) is 7.14 Å². The van der Waals surface area contributed by atoms with Crippen molar-refractivity contribution in [3.63, 3.8) is 0 Å². The Balaban J connectivity index is 1.88. The van der Waals surface area contributed by atoms with Crippen molar-refractivity contribution in [3.05, 3.63) is 47.2 Å². The summed E-state index contributed by atoms with van der Waals surface area (Å²) >= 11 is 6.00. The fourth-order valence-corrected chi connectivity index (χ4v) is 3.07. The second kappa shape index (κ2) is 6.10. The van der Waals surface area contributed by atoms with Crippen molar-refractivity contribution in [3.8, 4) is 11.5 Å². The molecule has 1 aromatic heterocycles. The van der Waals surface area contributed by atoms with Gasteiger partial charge < -0.3 is 9.09 Å². The predicted molar refractivity (Wildman–Crippen MR) is 94.9 cm³/mol. The number of aromatic nitrogens is 2. The minimum atomic E-state index is -2.16. The van der Waals surface area contributed by atoms with Gasteiger partial charge in [0.2, 0.25) is 0 Å². The second-order valence-electron chi connectivity index (χ2n) is 6.21. The zero-order chi connectivity index (χ0) is 16.6. The average molecular weight is 349 g/mol. The van der Waals surface area contributed by atoms with E-state index in [2.05, 4.69) is 10.1 Å². The summed E-state index contributed by atoms with van der Waals surface area (Å²) in [5.74, 6) is 1.07. The Morgan fingerprint density at radius 1 is 1.17 bits per heavy atom. The molecule has 120 valence electrons. The van der Waals surface area contributed by atoms with E-state index in [0.717, 1.165) is 16.3 Å². The van der Waals surface area contributed by atoms with Gasteiger partial charge in [0, 0.05) is 22.7 Å². The van der Waals surface area contributed by atoms with Crippen LogP contribution in [0.15, 0.2) is 40.9 Å². The first-order chi connectivity index (χ1) is 10.8. The van der Waals surface area contributed by atoms with Crippen molar-refractivity contribution < 1.29 is 9.09 Å². The van der Waals surface area contributed by atoms with Gasteiger partial charge >= 0.3 is 0 Å². The molecule has 2 aromatic carbocycles. The van der Waals surface area contributed by atoms with Crippen molar-refractivity contribution in [1.82, 2.24) is 10.1 Å². The molecule has 23 heavy (non-hydrogen) atoms. The molecular weight excluding hydrogens is 331 g/mol. The summed E-state index contributed by atoms with van der Waals surface area (Å²) < 4.78 is 17.4. The SMILES string of the molecule is CC(Cc1noc(-c2ccc3cc(Cl)ccc3c2)n1)P(C)(C)=O. The minimum absolute atomic E-state index is 0.0340. The quantitative estimate of drug-likeness (QED) is 0.616. The summed E-state index contributed by atoms with van der Waals surface area (Å²) in [4.78, 5) is 4.43. The monoisotopic (exact) mass is 348 g/mol. The molecule has 0 radical (unpaired) electrons. The van der Waals surface area contributed by atoms with Crippen LogP contribution in [-0.4, -0.2) is 29.1 Å². The van der Waals surface area contributed by atoms with Crippen LogP contribution in [0.5, 0.6) is 0 Å². The third-order valence-electron chi connectivity index (χ3n) is 4.06. The lowest BCUT2D eigenvalue weighted by Crippen LogP contribution is -2.07. The van der Waals surface area contributed by atoms with Crippen LogP contribution in [-0.2, 0) is 11.0 Å². The Morgan fingerprint density at radius 2 is 1.87 bits per heavy atom. The van der Waals surface area contributed by atoms with Crippen LogP contribution in [0, 0.1) is 0 Å². The number of halogens is 1. The van der Waals surface area contributed by atoms with Gasteiger partial charge in [-0.2, -0.15) is 4.98 Å². The maximum absolute atomic E-state index is 12.1. The molecule has 0 aliphatic carbocycles. The smallest absolute Gasteiger partial charge is 0.257 e. The fourth-order valence-electron chi connectivity index (χ4n) is 2.29. The lowest BCUT2D eigenvalue weighted by molar-refractivity contribution is 0.422. The van der Waals surface area contributed by atoms with Gasteiger partial charge in [0.15, 0.2) is 5.82 Å². The van der Waals surface area contributed by atoms with E-state index >= 15 is 0 Å². The Morgan fingerprint density at radius 3 is 2.61 bits per heavy atom. The molecular formula is C17H18ClN2O2P. The zero-order valence-corrected chi connectivity index (χ0v) is 14.9. The number of hydrogen-bond donors (Lipinski definition) is 0. The van der Waals surface area contributed by atoms with E-state index in [-0.39, 0.29) is 5.66 Å². The number of benzene rings is 2. The summed E-state index contributed by atoms with van der Waals surface area (Å²) in [6.07, 6.45) is 0.553. The van der Waals surface area contributed by atoms with Crippen LogP contribution in [0.2, 0.25) is 5.02 Å². The molecule has 6 heteroatoms. The molecule has 0 aliphatic rings. The second-order valence-corrected chi connectivity index (χ2v) is 10.4. The number of rotatable bonds is 4. The highest BCUT2D eigenvalue weighted by Gasteiger charge is 2.21. The van der Waals surface area contributed by atoms with Crippen molar-refractivity contribution >= 4 is 29.5 Å². The first-order valence-corrected chi connectivity index (χ1v) is 10.4. The van der Waals surface area contributed by atoms with Crippen LogP contribution in [0.3, 0.4) is 0 Å². The first kappa shape index (κ1) is 16.2. The maximum atomic E-state index is 12.1. The minimum Gasteiger partial charge on any atom is -0.334 e. The zero-order valence-electron chi connectivity index (χ0n) is 13.3. The summed E-state index contributed by atoms with van der Waals surface area (Å²) in [5.41, 5.74) is 0.897. The molecule has 0 aliphatic heterocycles. The number of hydrogen-bond acceptors (Lipinski definition) is 4. The van der Waals surface area contributed by atoms with Gasteiger partial charge in [-0.3, -0.25) is 0 Å². The third-order valence-corrected chi connectivity index (χ3v) is 6.60. The van der Waals surface area contributed by atoms with E-state index in [1.54, 1.807) is 13.3 Å². The Hall–Kier alpha value is -1.64. The van der Waals surface area contributed by atoms with Crippen molar-refractivity contribution in [2.75, 3.05) is 13.3 Å². The standard InChI is InChI=1S/C17H18ClN2O2P/c1-11(23(2,3)21)8-16-19-17(22-20-16)14-5-4-13-10-15(18)7-6-12(13)9-14/h4-7,9-11H,8H2,1-3H3. The molecule has 3 rings (SSSR count). The van der Waals surface area contributed by atoms with Gasteiger partial charge in [0.25, 0.3) is 5.89 Å². The molecule has 0 saturated heterocycles. The van der Waals surface area contributed by atoms with Gasteiger partial charge in [-0.25, -0.2) is 0 Å². The van der Waals surface area contributed by atoms with E-state index < -0.39 is 7.14 Å². The van der Waals surface area contributed by atoms with Crippen LogP contribution in [0.4, 0.5) is 0 Å². The van der Waals surface area contributed by atoms with Crippen LogP contribution < -0.4 is 0 Å². The molecule has 0 bridgehead atoms. The molecule has 4 nitrogen and oxygen atoms in total. The normalized spacial score (nSPS) is 13.4. The molecule has 1 heterocycles. The molecule has 0 amide bonds. The maximum Gasteiger partial charge on any atom is 0.257 e. The largest absolute Gasteiger partial charge is 0.334 e. The average Bonchev–Trinajstić information content (AvgIpc) is 2.94. The summed E-state index contributed by atoms with van der Waals surface area (Å²) in [7, 11) is -2.16. The van der Waals surface area contributed by atoms with Crippen LogP contribution in [0.1, 0.15) is 12.7 Å². The number of nitrogens with zero attached hydrogens (tertiary/aromatic N) is 2. The lowest BCUT2D eigenvalue weighted by Gasteiger charge is -2.13. The van der Waals surface area contributed by atoms with Gasteiger partial charge in [-0.1, -0.05) is 35.8 Å². The molecule has 0 fully saturated rings. The van der Waals surface area contributed by atoms with E-state index in [9.17, 15) is 4.57 Å². The van der Waals surface area contributed by atoms with Gasteiger partial charge in [-0.05, 0) is 48.4 Å². The predicted octanol–water partition coefficient (Wildman–Crippen LogP) is 5.10. The Kier molecular flexibility index (Phi) is 4.31. The fraction of sp³-hybridized carbons (Fsp3) is 0.294. The van der Waals surface area contributed by atoms with Crippen LogP contribution in [0.25, 0.3) is 22.2 Å².